The van der Waals surface area contributed by atoms with Gasteiger partial charge < -0.3 is 9.88 Å². The first-order valence-corrected chi connectivity index (χ1v) is 8.91. The molecule has 0 spiro atoms. The van der Waals surface area contributed by atoms with Crippen LogP contribution >= 0.6 is 11.6 Å². The van der Waals surface area contributed by atoms with Crippen molar-refractivity contribution < 1.29 is 4.79 Å². The van der Waals surface area contributed by atoms with Crippen molar-refractivity contribution in [2.24, 2.45) is 5.92 Å². The van der Waals surface area contributed by atoms with Crippen molar-refractivity contribution in [3.63, 3.8) is 0 Å². The van der Waals surface area contributed by atoms with Gasteiger partial charge in [-0.2, -0.15) is 0 Å². The number of halogens is 1. The highest BCUT2D eigenvalue weighted by Crippen LogP contribution is 2.24. The SMILES string of the molecule is O=C(c1ccncc1Cl)N1CCC(Cc2nc3ccccc3[nH]2)CC1. The molecule has 3 aromatic rings. The molecule has 1 fully saturated rings. The van der Waals surface area contributed by atoms with Gasteiger partial charge in [0.2, 0.25) is 0 Å². The molecule has 4 rings (SSSR count). The summed E-state index contributed by atoms with van der Waals surface area (Å²) in [6.07, 6.45) is 6.00. The van der Waals surface area contributed by atoms with E-state index in [2.05, 4.69) is 15.0 Å². The summed E-state index contributed by atoms with van der Waals surface area (Å²) >= 11 is 6.09. The molecule has 6 heteroatoms. The lowest BCUT2D eigenvalue weighted by atomic mass is 9.93. The van der Waals surface area contributed by atoms with E-state index in [0.717, 1.165) is 49.2 Å². The molecule has 0 radical (unpaired) electrons. The molecule has 0 bridgehead atoms. The van der Waals surface area contributed by atoms with Crippen molar-refractivity contribution in [1.29, 1.82) is 0 Å². The minimum Gasteiger partial charge on any atom is -0.342 e. The molecule has 1 N–H and O–H groups in total. The number of amides is 1. The van der Waals surface area contributed by atoms with Crippen LogP contribution in [0.3, 0.4) is 0 Å². The maximum atomic E-state index is 12.6. The molecule has 25 heavy (non-hydrogen) atoms. The van der Waals surface area contributed by atoms with Crippen LogP contribution in [0.2, 0.25) is 5.02 Å². The Morgan fingerprint density at radius 2 is 2.04 bits per heavy atom. The lowest BCUT2D eigenvalue weighted by Gasteiger charge is -2.32. The van der Waals surface area contributed by atoms with Crippen LogP contribution in [0.5, 0.6) is 0 Å². The number of benzene rings is 1. The number of hydrogen-bond acceptors (Lipinski definition) is 3. The number of carbonyl (C=O) groups excluding carboxylic acids is 1. The molecule has 3 heterocycles. The second-order valence-corrected chi connectivity index (χ2v) is 6.90. The number of pyridine rings is 1. The highest BCUT2D eigenvalue weighted by Gasteiger charge is 2.25. The molecule has 1 aromatic carbocycles. The molecule has 1 aliphatic heterocycles. The molecular weight excluding hydrogens is 336 g/mol. The van der Waals surface area contributed by atoms with E-state index in [1.54, 1.807) is 12.3 Å². The molecule has 0 aliphatic carbocycles. The fourth-order valence-corrected chi connectivity index (χ4v) is 3.64. The van der Waals surface area contributed by atoms with Crippen LogP contribution < -0.4 is 0 Å². The Balaban J connectivity index is 1.38. The van der Waals surface area contributed by atoms with Gasteiger partial charge in [0.15, 0.2) is 0 Å². The molecular formula is C19H19ClN4O. The van der Waals surface area contributed by atoms with Crippen molar-refractivity contribution in [3.05, 3.63) is 59.1 Å². The van der Waals surface area contributed by atoms with E-state index in [4.69, 9.17) is 11.6 Å². The summed E-state index contributed by atoms with van der Waals surface area (Å²) in [5.41, 5.74) is 2.63. The number of H-pyrrole nitrogens is 1. The van der Waals surface area contributed by atoms with Crippen molar-refractivity contribution in [1.82, 2.24) is 19.9 Å². The largest absolute Gasteiger partial charge is 0.342 e. The monoisotopic (exact) mass is 354 g/mol. The Hall–Kier alpha value is -2.40. The number of likely N-dealkylation sites (tertiary alicyclic amines) is 1. The van der Waals surface area contributed by atoms with Gasteiger partial charge >= 0.3 is 0 Å². The van der Waals surface area contributed by atoms with E-state index in [1.807, 2.05) is 29.2 Å². The Labute approximate surface area is 151 Å². The summed E-state index contributed by atoms with van der Waals surface area (Å²) in [7, 11) is 0. The molecule has 2 aromatic heterocycles. The summed E-state index contributed by atoms with van der Waals surface area (Å²) in [4.78, 5) is 26.5. The number of para-hydroxylation sites is 2. The third kappa shape index (κ3) is 3.37. The number of nitrogens with one attached hydrogen (secondary N) is 1. The first-order chi connectivity index (χ1) is 12.2. The standard InChI is InChI=1S/C19H19ClN4O/c20-15-12-21-8-5-14(15)19(25)24-9-6-13(7-10-24)11-18-22-16-3-1-2-4-17(16)23-18/h1-5,8,12-13H,6-7,9-11H2,(H,22,23). The molecule has 1 aliphatic rings. The van der Waals surface area contributed by atoms with E-state index >= 15 is 0 Å². The van der Waals surface area contributed by atoms with E-state index < -0.39 is 0 Å². The van der Waals surface area contributed by atoms with Crippen LogP contribution in [0.25, 0.3) is 11.0 Å². The molecule has 5 nitrogen and oxygen atoms in total. The third-order valence-corrected chi connectivity index (χ3v) is 5.13. The van der Waals surface area contributed by atoms with E-state index in [9.17, 15) is 4.79 Å². The number of rotatable bonds is 3. The summed E-state index contributed by atoms with van der Waals surface area (Å²) in [5.74, 6) is 1.57. The van der Waals surface area contributed by atoms with Gasteiger partial charge in [0.1, 0.15) is 5.82 Å². The second kappa shape index (κ2) is 6.84. The summed E-state index contributed by atoms with van der Waals surface area (Å²) in [5, 5.41) is 0.414. The van der Waals surface area contributed by atoms with Crippen LogP contribution in [0, 0.1) is 5.92 Å². The van der Waals surface area contributed by atoms with Gasteiger partial charge in [-0.3, -0.25) is 9.78 Å². The van der Waals surface area contributed by atoms with Gasteiger partial charge in [-0.15, -0.1) is 0 Å². The van der Waals surface area contributed by atoms with Crippen LogP contribution in [-0.4, -0.2) is 38.8 Å². The number of nitrogens with zero attached hydrogens (tertiary/aromatic N) is 3. The summed E-state index contributed by atoms with van der Waals surface area (Å²) in [6, 6.07) is 9.77. The minimum atomic E-state index is -0.00501. The van der Waals surface area contributed by atoms with E-state index in [0.29, 0.717) is 16.5 Å². The van der Waals surface area contributed by atoms with Crippen molar-refractivity contribution >= 4 is 28.5 Å². The quantitative estimate of drug-likeness (QED) is 0.780. The number of imidazole rings is 1. The van der Waals surface area contributed by atoms with Gasteiger partial charge in [0.25, 0.3) is 5.91 Å². The predicted octanol–water partition coefficient (Wildman–Crippen LogP) is 3.71. The maximum Gasteiger partial charge on any atom is 0.255 e. The maximum absolute atomic E-state index is 12.6. The first kappa shape index (κ1) is 16.1. The van der Waals surface area contributed by atoms with Crippen molar-refractivity contribution in [2.45, 2.75) is 19.3 Å². The van der Waals surface area contributed by atoms with Crippen molar-refractivity contribution in [2.75, 3.05) is 13.1 Å². The smallest absolute Gasteiger partial charge is 0.255 e. The average molecular weight is 355 g/mol. The molecule has 1 amide bonds. The Morgan fingerprint density at radius 1 is 1.24 bits per heavy atom. The van der Waals surface area contributed by atoms with Crippen LogP contribution in [-0.2, 0) is 6.42 Å². The zero-order chi connectivity index (χ0) is 17.2. The van der Waals surface area contributed by atoms with E-state index in [-0.39, 0.29) is 5.91 Å². The number of piperidine rings is 1. The molecule has 0 atom stereocenters. The lowest BCUT2D eigenvalue weighted by Crippen LogP contribution is -2.39. The number of aromatic nitrogens is 3. The number of carbonyl (C=O) groups is 1. The third-order valence-electron chi connectivity index (χ3n) is 4.83. The van der Waals surface area contributed by atoms with Gasteiger partial charge in [-0.05, 0) is 37.0 Å². The van der Waals surface area contributed by atoms with E-state index in [1.165, 1.54) is 6.20 Å². The van der Waals surface area contributed by atoms with Crippen LogP contribution in [0.4, 0.5) is 0 Å². The number of hydrogen-bond donors (Lipinski definition) is 1. The first-order valence-electron chi connectivity index (χ1n) is 8.53. The fourth-order valence-electron chi connectivity index (χ4n) is 3.43. The molecule has 1 saturated heterocycles. The molecule has 0 saturated carbocycles. The van der Waals surface area contributed by atoms with Gasteiger partial charge in [0.05, 0.1) is 21.6 Å². The van der Waals surface area contributed by atoms with Gasteiger partial charge in [0, 0.05) is 31.9 Å². The fraction of sp³-hybridized carbons (Fsp3) is 0.316. The number of aromatic amines is 1. The predicted molar refractivity (Wildman–Crippen MR) is 97.7 cm³/mol. The Kier molecular flexibility index (Phi) is 4.40. The summed E-state index contributed by atoms with van der Waals surface area (Å²) in [6.45, 7) is 1.50. The number of fused-ring (bicyclic) bond motifs is 1. The highest BCUT2D eigenvalue weighted by atomic mass is 35.5. The molecule has 128 valence electrons. The Bertz CT molecular complexity index is 866. The normalized spacial score (nSPS) is 15.6. The Morgan fingerprint density at radius 3 is 2.80 bits per heavy atom. The lowest BCUT2D eigenvalue weighted by molar-refractivity contribution is 0.0690. The van der Waals surface area contributed by atoms with Crippen molar-refractivity contribution in [3.8, 4) is 0 Å². The van der Waals surface area contributed by atoms with Crippen LogP contribution in [0.1, 0.15) is 29.0 Å². The average Bonchev–Trinajstić information content (AvgIpc) is 3.04. The second-order valence-electron chi connectivity index (χ2n) is 6.50. The minimum absolute atomic E-state index is 0.00501. The van der Waals surface area contributed by atoms with Crippen LogP contribution in [0.15, 0.2) is 42.7 Å². The molecule has 0 unspecified atom stereocenters. The highest BCUT2D eigenvalue weighted by molar-refractivity contribution is 6.33. The topological polar surface area (TPSA) is 61.9 Å². The van der Waals surface area contributed by atoms with Gasteiger partial charge in [-0.1, -0.05) is 23.7 Å². The summed E-state index contributed by atoms with van der Waals surface area (Å²) < 4.78 is 0. The van der Waals surface area contributed by atoms with Gasteiger partial charge in [-0.25, -0.2) is 4.98 Å². The zero-order valence-corrected chi connectivity index (χ0v) is 14.5. The zero-order valence-electron chi connectivity index (χ0n) is 13.8.